The van der Waals surface area contributed by atoms with E-state index in [2.05, 4.69) is 17.0 Å². The first kappa shape index (κ1) is 20.2. The lowest BCUT2D eigenvalue weighted by Crippen LogP contribution is -2.48. The lowest BCUT2D eigenvalue weighted by molar-refractivity contribution is 0.0933. The average Bonchev–Trinajstić information content (AvgIpc) is 3.35. The smallest absolute Gasteiger partial charge is 0.294 e. The van der Waals surface area contributed by atoms with Crippen LogP contribution in [0, 0.1) is 0 Å². The molecule has 0 bridgehead atoms. The topological polar surface area (TPSA) is 45.9 Å². The highest BCUT2D eigenvalue weighted by atomic mass is 16.4. The number of likely N-dealkylation sites (tertiary alicyclic amines) is 1. The summed E-state index contributed by atoms with van der Waals surface area (Å²) in [6.45, 7) is 2.99. The van der Waals surface area contributed by atoms with Crippen molar-refractivity contribution in [3.8, 4) is 5.75 Å². The summed E-state index contributed by atoms with van der Waals surface area (Å²) >= 11 is 0. The number of benzene rings is 2. The molecule has 0 spiro atoms. The van der Waals surface area contributed by atoms with Crippen LogP contribution in [-0.4, -0.2) is 43.6 Å². The maximum absolute atomic E-state index is 13.2. The van der Waals surface area contributed by atoms with E-state index in [0.29, 0.717) is 5.76 Å². The van der Waals surface area contributed by atoms with E-state index in [9.17, 15) is 4.79 Å². The van der Waals surface area contributed by atoms with Crippen molar-refractivity contribution in [2.45, 2.75) is 25.3 Å². The molecule has 30 heavy (non-hydrogen) atoms. The van der Waals surface area contributed by atoms with Crippen LogP contribution in [0.25, 0.3) is 0 Å². The van der Waals surface area contributed by atoms with Gasteiger partial charge in [0.1, 0.15) is 5.75 Å². The zero-order valence-electron chi connectivity index (χ0n) is 17.4. The van der Waals surface area contributed by atoms with Gasteiger partial charge in [0, 0.05) is 31.4 Å². The summed E-state index contributed by atoms with van der Waals surface area (Å²) in [5, 5.41) is 0. The summed E-state index contributed by atoms with van der Waals surface area (Å²) < 4.78 is 10.6. The number of ether oxygens (including phenoxy) is 1. The van der Waals surface area contributed by atoms with E-state index in [0.717, 1.165) is 50.3 Å². The highest BCUT2D eigenvalue weighted by molar-refractivity contribution is 6.04. The van der Waals surface area contributed by atoms with Crippen LogP contribution < -0.4 is 9.64 Å². The minimum atomic E-state index is -0.0668. The summed E-state index contributed by atoms with van der Waals surface area (Å²) in [5.41, 5.74) is 2.24. The maximum Gasteiger partial charge on any atom is 0.294 e. The number of piperidine rings is 1. The lowest BCUT2D eigenvalue weighted by atomic mass is 10.0. The van der Waals surface area contributed by atoms with Gasteiger partial charge in [-0.05, 0) is 61.2 Å². The fourth-order valence-corrected chi connectivity index (χ4v) is 4.08. The van der Waals surface area contributed by atoms with Crippen LogP contribution in [0.1, 0.15) is 29.0 Å². The SMILES string of the molecule is [11CH3]Oc1ccc(CCN2CCC(N(C(=O)c3ccco3)c3ccccc3)CC2)cc1. The number of para-hydroxylation sites is 1. The van der Waals surface area contributed by atoms with Crippen LogP contribution in [0.2, 0.25) is 0 Å². The quantitative estimate of drug-likeness (QED) is 0.576. The second kappa shape index (κ2) is 9.63. The molecule has 0 radical (unpaired) electrons. The van der Waals surface area contributed by atoms with Gasteiger partial charge >= 0.3 is 0 Å². The minimum Gasteiger partial charge on any atom is -0.497 e. The zero-order valence-corrected chi connectivity index (χ0v) is 17.4. The number of carbonyl (C=O) groups excluding carboxylic acids is 1. The van der Waals surface area contributed by atoms with Gasteiger partial charge in [0.15, 0.2) is 5.76 Å². The van der Waals surface area contributed by atoms with E-state index in [1.165, 1.54) is 5.56 Å². The van der Waals surface area contributed by atoms with E-state index in [1.54, 1.807) is 25.5 Å². The number of furan rings is 1. The molecule has 156 valence electrons. The summed E-state index contributed by atoms with van der Waals surface area (Å²) in [6, 6.07) is 21.9. The number of amides is 1. The molecule has 0 unspecified atom stereocenters. The van der Waals surface area contributed by atoms with Crippen molar-refractivity contribution in [2.75, 3.05) is 31.6 Å². The molecule has 0 saturated carbocycles. The molecule has 1 fully saturated rings. The first-order chi connectivity index (χ1) is 14.7. The van der Waals surface area contributed by atoms with Gasteiger partial charge in [-0.1, -0.05) is 30.3 Å². The lowest BCUT2D eigenvalue weighted by Gasteiger charge is -2.38. The number of hydrogen-bond acceptors (Lipinski definition) is 4. The van der Waals surface area contributed by atoms with E-state index in [1.807, 2.05) is 47.4 Å². The first-order valence-corrected chi connectivity index (χ1v) is 10.5. The monoisotopic (exact) mass is 403 g/mol. The highest BCUT2D eigenvalue weighted by Crippen LogP contribution is 2.26. The molecule has 1 amide bonds. The van der Waals surface area contributed by atoms with Crippen LogP contribution in [-0.2, 0) is 6.42 Å². The van der Waals surface area contributed by atoms with Gasteiger partial charge in [-0.3, -0.25) is 4.79 Å². The number of rotatable bonds is 7. The van der Waals surface area contributed by atoms with Crippen molar-refractivity contribution in [1.82, 2.24) is 4.90 Å². The van der Waals surface area contributed by atoms with Crippen molar-refractivity contribution in [2.24, 2.45) is 0 Å². The Hall–Kier alpha value is -3.05. The van der Waals surface area contributed by atoms with E-state index in [4.69, 9.17) is 9.15 Å². The van der Waals surface area contributed by atoms with Crippen molar-refractivity contribution in [1.29, 1.82) is 0 Å². The van der Waals surface area contributed by atoms with Crippen LogP contribution >= 0.6 is 0 Å². The zero-order chi connectivity index (χ0) is 20.8. The Morgan fingerprint density at radius 2 is 1.77 bits per heavy atom. The van der Waals surface area contributed by atoms with E-state index >= 15 is 0 Å². The van der Waals surface area contributed by atoms with Crippen LogP contribution in [0.15, 0.2) is 77.4 Å². The van der Waals surface area contributed by atoms with Crippen molar-refractivity contribution >= 4 is 11.6 Å². The van der Waals surface area contributed by atoms with Crippen LogP contribution in [0.3, 0.4) is 0 Å². The number of nitrogens with zero attached hydrogens (tertiary/aromatic N) is 2. The summed E-state index contributed by atoms with van der Waals surface area (Å²) in [6.07, 6.45) is 4.47. The van der Waals surface area contributed by atoms with Gasteiger partial charge in [0.2, 0.25) is 0 Å². The third-order valence-corrected chi connectivity index (χ3v) is 5.78. The Kier molecular flexibility index (Phi) is 6.50. The highest BCUT2D eigenvalue weighted by Gasteiger charge is 2.30. The molecule has 1 saturated heterocycles. The average molecular weight is 404 g/mol. The molecule has 5 nitrogen and oxygen atoms in total. The second-order valence-electron chi connectivity index (χ2n) is 7.66. The molecule has 0 aliphatic carbocycles. The molecule has 2 aromatic carbocycles. The first-order valence-electron chi connectivity index (χ1n) is 10.5. The predicted molar refractivity (Wildman–Crippen MR) is 118 cm³/mol. The molecule has 1 aliphatic rings. The van der Waals surface area contributed by atoms with Crippen molar-refractivity contribution < 1.29 is 13.9 Å². The Morgan fingerprint density at radius 3 is 2.40 bits per heavy atom. The fourth-order valence-electron chi connectivity index (χ4n) is 4.08. The summed E-state index contributed by atoms with van der Waals surface area (Å²) in [7, 11) is 1.69. The second-order valence-corrected chi connectivity index (χ2v) is 7.66. The van der Waals surface area contributed by atoms with Gasteiger partial charge in [0.05, 0.1) is 13.4 Å². The molecule has 0 atom stereocenters. The molecule has 5 heteroatoms. The van der Waals surface area contributed by atoms with Crippen molar-refractivity contribution in [3.05, 3.63) is 84.3 Å². The van der Waals surface area contributed by atoms with Gasteiger partial charge in [-0.25, -0.2) is 0 Å². The number of hydrogen-bond donors (Lipinski definition) is 0. The fraction of sp³-hybridized carbons (Fsp3) is 0.320. The maximum atomic E-state index is 13.2. The Bertz CT molecular complexity index is 915. The van der Waals surface area contributed by atoms with Gasteiger partial charge in [-0.15, -0.1) is 0 Å². The van der Waals surface area contributed by atoms with Gasteiger partial charge < -0.3 is 19.0 Å². The largest absolute Gasteiger partial charge is 0.497 e. The summed E-state index contributed by atoms with van der Waals surface area (Å²) in [4.78, 5) is 17.6. The Morgan fingerprint density at radius 1 is 1.03 bits per heavy atom. The van der Waals surface area contributed by atoms with Crippen LogP contribution in [0.4, 0.5) is 5.69 Å². The number of methoxy groups -OCH3 is 1. The minimum absolute atomic E-state index is 0.0668. The Labute approximate surface area is 177 Å². The molecule has 0 N–H and O–H groups in total. The van der Waals surface area contributed by atoms with Gasteiger partial charge in [-0.2, -0.15) is 0 Å². The third-order valence-electron chi connectivity index (χ3n) is 5.78. The van der Waals surface area contributed by atoms with Gasteiger partial charge in [0.25, 0.3) is 5.91 Å². The van der Waals surface area contributed by atoms with E-state index < -0.39 is 0 Å². The predicted octanol–water partition coefficient (Wildman–Crippen LogP) is 4.64. The molecule has 1 aliphatic heterocycles. The molecule has 3 aromatic rings. The molecule has 2 heterocycles. The standard InChI is InChI=1S/C25H28N2O3/c1-29-23-11-9-20(10-12-23)13-16-26-17-14-22(15-18-26)27(21-6-3-2-4-7-21)25(28)24-8-5-19-30-24/h2-12,19,22H,13-18H2,1H3/i1-1. The molecule has 1 aromatic heterocycles. The normalized spacial score (nSPS) is 15.1. The molecular formula is C25H28N2O3. The number of anilines is 1. The summed E-state index contributed by atoms with van der Waals surface area (Å²) in [5.74, 6) is 1.21. The Balaban J connectivity index is 1.38. The molecule has 4 rings (SSSR count). The number of carbonyl (C=O) groups is 1. The molecular weight excluding hydrogens is 375 g/mol. The van der Waals surface area contributed by atoms with Crippen molar-refractivity contribution in [3.63, 3.8) is 0 Å². The van der Waals surface area contributed by atoms with Crippen LogP contribution in [0.5, 0.6) is 5.75 Å². The third kappa shape index (κ3) is 4.74. The van der Waals surface area contributed by atoms with E-state index in [-0.39, 0.29) is 11.9 Å².